The maximum atomic E-state index is 6.37. The number of benzene rings is 4. The van der Waals surface area contributed by atoms with Gasteiger partial charge >= 0.3 is 7.12 Å². The van der Waals surface area contributed by atoms with Crippen molar-refractivity contribution in [3.8, 4) is 5.69 Å². The molecule has 0 saturated carbocycles. The van der Waals surface area contributed by atoms with Gasteiger partial charge in [-0.2, -0.15) is 0 Å². The summed E-state index contributed by atoms with van der Waals surface area (Å²) in [5.74, 6) is 0. The quantitative estimate of drug-likeness (QED) is 0.262. The van der Waals surface area contributed by atoms with Gasteiger partial charge in [0.2, 0.25) is 0 Å². The van der Waals surface area contributed by atoms with Gasteiger partial charge in [0.05, 0.1) is 22.2 Å². The predicted molar refractivity (Wildman–Crippen MR) is 144 cm³/mol. The first-order valence-electron chi connectivity index (χ1n) is 12.1. The van der Waals surface area contributed by atoms with Crippen LogP contribution in [0.3, 0.4) is 0 Å². The Morgan fingerprint density at radius 3 is 2.06 bits per heavy atom. The summed E-state index contributed by atoms with van der Waals surface area (Å²) in [5, 5.41) is 4.67. The van der Waals surface area contributed by atoms with Crippen LogP contribution in [0.25, 0.3) is 49.4 Å². The second kappa shape index (κ2) is 7.00. The van der Waals surface area contributed by atoms with Crippen LogP contribution in [-0.2, 0) is 9.31 Å². The number of hydrogen-bond donors (Lipinski definition) is 0. The van der Waals surface area contributed by atoms with Crippen LogP contribution < -0.4 is 5.46 Å². The van der Waals surface area contributed by atoms with Crippen molar-refractivity contribution in [1.29, 1.82) is 0 Å². The fraction of sp³-hybridized carbons (Fsp3) is 0.200. The van der Waals surface area contributed by atoms with Crippen LogP contribution in [0.1, 0.15) is 27.7 Å². The van der Waals surface area contributed by atoms with E-state index in [9.17, 15) is 0 Å². The lowest BCUT2D eigenvalue weighted by atomic mass is 9.79. The second-order valence-electron chi connectivity index (χ2n) is 10.5. The molecule has 0 amide bonds. The number of hydrogen-bond acceptors (Lipinski definition) is 3. The van der Waals surface area contributed by atoms with E-state index < -0.39 is 7.12 Å². The van der Waals surface area contributed by atoms with E-state index >= 15 is 0 Å². The average molecular weight is 459 g/mol. The van der Waals surface area contributed by atoms with Crippen molar-refractivity contribution < 1.29 is 13.7 Å². The van der Waals surface area contributed by atoms with Gasteiger partial charge in [-0.3, -0.25) is 0 Å². The molecular weight excluding hydrogens is 433 g/mol. The van der Waals surface area contributed by atoms with E-state index in [1.54, 1.807) is 0 Å². The van der Waals surface area contributed by atoms with Gasteiger partial charge in [0, 0.05) is 27.2 Å². The molecule has 1 saturated heterocycles. The first kappa shape index (κ1) is 20.8. The average Bonchev–Trinajstić information content (AvgIpc) is 3.45. The van der Waals surface area contributed by atoms with E-state index in [4.69, 9.17) is 13.7 Å². The molecule has 0 bridgehead atoms. The summed E-state index contributed by atoms with van der Waals surface area (Å²) >= 11 is 0. The van der Waals surface area contributed by atoms with Crippen LogP contribution >= 0.6 is 0 Å². The van der Waals surface area contributed by atoms with Crippen LogP contribution in [0.15, 0.2) is 89.3 Å². The van der Waals surface area contributed by atoms with Crippen LogP contribution in [0.5, 0.6) is 0 Å². The normalized spacial score (nSPS) is 17.3. The molecule has 0 radical (unpaired) electrons. The van der Waals surface area contributed by atoms with Crippen molar-refractivity contribution in [2.24, 2.45) is 0 Å². The van der Waals surface area contributed by atoms with E-state index in [1.165, 1.54) is 16.3 Å². The molecule has 1 aliphatic heterocycles. The predicted octanol–water partition coefficient (Wildman–Crippen LogP) is 6.98. The van der Waals surface area contributed by atoms with E-state index in [0.717, 1.165) is 38.6 Å². The Labute approximate surface area is 204 Å². The summed E-state index contributed by atoms with van der Waals surface area (Å²) < 4.78 is 21.2. The molecule has 0 N–H and O–H groups in total. The standard InChI is InChI=1S/C30H26BNO3/c1-29(2)30(3,4)35-31(34-29)19-13-15-22-21-9-5-7-11-25(21)32(26(22)17-19)20-14-16-28-24(18-20)23-10-6-8-12-27(23)33-28/h5-18H,1-4H3. The summed E-state index contributed by atoms with van der Waals surface area (Å²) in [5.41, 5.74) is 5.46. The molecule has 35 heavy (non-hydrogen) atoms. The molecule has 1 aliphatic rings. The SMILES string of the molecule is CC1(C)OB(c2ccc3c4ccccc4n(-c4ccc5oc6ccccc6c5c4)c3c2)OC1(C)C. The highest BCUT2D eigenvalue weighted by Gasteiger charge is 2.51. The van der Waals surface area contributed by atoms with Crippen LogP contribution in [0.2, 0.25) is 0 Å². The first-order chi connectivity index (χ1) is 16.8. The molecule has 5 heteroatoms. The van der Waals surface area contributed by atoms with Gasteiger partial charge < -0.3 is 18.3 Å². The third-order valence-electron chi connectivity index (χ3n) is 7.84. The smallest absolute Gasteiger partial charge is 0.456 e. The number of nitrogens with zero attached hydrogens (tertiary/aromatic N) is 1. The topological polar surface area (TPSA) is 36.5 Å². The van der Waals surface area contributed by atoms with Crippen LogP contribution in [0, 0.1) is 0 Å². The van der Waals surface area contributed by atoms with Crippen LogP contribution in [0.4, 0.5) is 0 Å². The molecular formula is C30H26BNO3. The summed E-state index contributed by atoms with van der Waals surface area (Å²) in [4.78, 5) is 0. The van der Waals surface area contributed by atoms with Gasteiger partial charge in [-0.05, 0) is 69.6 Å². The van der Waals surface area contributed by atoms with Crippen molar-refractivity contribution in [2.45, 2.75) is 38.9 Å². The molecule has 3 heterocycles. The van der Waals surface area contributed by atoms with Crippen molar-refractivity contribution in [2.75, 3.05) is 0 Å². The second-order valence-corrected chi connectivity index (χ2v) is 10.5. The molecule has 1 fully saturated rings. The summed E-state index contributed by atoms with van der Waals surface area (Å²) in [7, 11) is -0.406. The van der Waals surface area contributed by atoms with Crippen molar-refractivity contribution >= 4 is 56.3 Å². The Kier molecular flexibility index (Phi) is 4.16. The van der Waals surface area contributed by atoms with Crippen molar-refractivity contribution in [1.82, 2.24) is 4.57 Å². The van der Waals surface area contributed by atoms with Gasteiger partial charge in [-0.25, -0.2) is 0 Å². The maximum absolute atomic E-state index is 6.37. The third kappa shape index (κ3) is 2.95. The highest BCUT2D eigenvalue weighted by Crippen LogP contribution is 2.38. The Morgan fingerprint density at radius 2 is 1.26 bits per heavy atom. The molecule has 0 spiro atoms. The van der Waals surface area contributed by atoms with Gasteiger partial charge in [0.25, 0.3) is 0 Å². The molecule has 6 aromatic rings. The van der Waals surface area contributed by atoms with E-state index in [2.05, 4.69) is 105 Å². The number of furan rings is 1. The van der Waals surface area contributed by atoms with E-state index in [-0.39, 0.29) is 11.2 Å². The Morgan fingerprint density at radius 1 is 0.600 bits per heavy atom. The highest BCUT2D eigenvalue weighted by molar-refractivity contribution is 6.62. The Hall–Kier alpha value is -3.54. The summed E-state index contributed by atoms with van der Waals surface area (Å²) in [6.07, 6.45) is 0. The summed E-state index contributed by atoms with van der Waals surface area (Å²) in [6.45, 7) is 8.36. The number of para-hydroxylation sites is 2. The van der Waals surface area contributed by atoms with Gasteiger partial charge in [0.1, 0.15) is 11.2 Å². The maximum Gasteiger partial charge on any atom is 0.494 e. The molecule has 2 aromatic heterocycles. The van der Waals surface area contributed by atoms with E-state index in [0.29, 0.717) is 0 Å². The van der Waals surface area contributed by atoms with Gasteiger partial charge in [-0.15, -0.1) is 0 Å². The molecule has 0 atom stereocenters. The molecule has 0 aliphatic carbocycles. The van der Waals surface area contributed by atoms with Gasteiger partial charge in [0.15, 0.2) is 0 Å². The lowest BCUT2D eigenvalue weighted by molar-refractivity contribution is 0.00578. The number of aromatic nitrogens is 1. The fourth-order valence-electron chi connectivity index (χ4n) is 5.24. The third-order valence-corrected chi connectivity index (χ3v) is 7.84. The number of rotatable bonds is 2. The van der Waals surface area contributed by atoms with Crippen LogP contribution in [-0.4, -0.2) is 22.9 Å². The Bertz CT molecular complexity index is 1760. The van der Waals surface area contributed by atoms with Gasteiger partial charge in [-0.1, -0.05) is 48.5 Å². The largest absolute Gasteiger partial charge is 0.494 e. The molecule has 4 aromatic carbocycles. The molecule has 7 rings (SSSR count). The zero-order chi connectivity index (χ0) is 23.9. The minimum Gasteiger partial charge on any atom is -0.456 e. The minimum atomic E-state index is -0.406. The van der Waals surface area contributed by atoms with Crippen molar-refractivity contribution in [3.05, 3.63) is 84.9 Å². The Balaban J connectivity index is 1.47. The lowest BCUT2D eigenvalue weighted by Gasteiger charge is -2.32. The minimum absolute atomic E-state index is 0.382. The van der Waals surface area contributed by atoms with E-state index in [1.807, 2.05) is 12.1 Å². The summed E-state index contributed by atoms with van der Waals surface area (Å²) in [6, 6.07) is 29.8. The molecule has 4 nitrogen and oxygen atoms in total. The zero-order valence-corrected chi connectivity index (χ0v) is 20.3. The molecule has 0 unspecified atom stereocenters. The lowest BCUT2D eigenvalue weighted by Crippen LogP contribution is -2.41. The first-order valence-corrected chi connectivity index (χ1v) is 12.1. The zero-order valence-electron chi connectivity index (χ0n) is 20.3. The molecule has 172 valence electrons. The monoisotopic (exact) mass is 459 g/mol. The number of fused-ring (bicyclic) bond motifs is 6. The highest BCUT2D eigenvalue weighted by atomic mass is 16.7. The van der Waals surface area contributed by atoms with Crippen molar-refractivity contribution in [3.63, 3.8) is 0 Å². The fourth-order valence-corrected chi connectivity index (χ4v) is 5.24.